The molecule has 0 aliphatic carbocycles. The van der Waals surface area contributed by atoms with Crippen molar-refractivity contribution in [1.29, 1.82) is 0 Å². The van der Waals surface area contributed by atoms with E-state index in [2.05, 4.69) is 38.2 Å². The first-order valence-corrected chi connectivity index (χ1v) is 8.69. The van der Waals surface area contributed by atoms with E-state index in [9.17, 15) is 0 Å². The molecule has 25 heavy (non-hydrogen) atoms. The Balaban J connectivity index is 0.00000312. The quantitative estimate of drug-likeness (QED) is 0.262. The van der Waals surface area contributed by atoms with Crippen molar-refractivity contribution in [3.8, 4) is 0 Å². The Hall–Kier alpha value is -1.13. The number of likely N-dealkylation sites (N-methyl/N-ethyl adjacent to an activating group) is 1. The summed E-state index contributed by atoms with van der Waals surface area (Å²) in [4.78, 5) is 13.5. The van der Waals surface area contributed by atoms with Crippen LogP contribution in [-0.2, 0) is 11.3 Å². The summed E-state index contributed by atoms with van der Waals surface area (Å²) >= 11 is 0. The third kappa shape index (κ3) is 8.19. The fraction of sp³-hybridized carbons (Fsp3) is 0.647. The lowest BCUT2D eigenvalue weighted by Crippen LogP contribution is -2.44. The Labute approximate surface area is 168 Å². The smallest absolute Gasteiger partial charge is 0.188 e. The van der Waals surface area contributed by atoms with Crippen molar-refractivity contribution in [2.75, 3.05) is 57.9 Å². The summed E-state index contributed by atoms with van der Waals surface area (Å²) < 4.78 is 5.29. The zero-order valence-corrected chi connectivity index (χ0v) is 17.6. The SMILES string of the molecule is CCOCCCNC(N)=NCc1ccnc(N2CCN(C)CC2)c1.I. The Kier molecular flexibility index (Phi) is 10.7. The van der Waals surface area contributed by atoms with Gasteiger partial charge in [0.2, 0.25) is 0 Å². The van der Waals surface area contributed by atoms with Gasteiger partial charge in [-0.2, -0.15) is 0 Å². The average Bonchev–Trinajstić information content (AvgIpc) is 2.61. The Bertz CT molecular complexity index is 520. The number of rotatable bonds is 8. The zero-order valence-electron chi connectivity index (χ0n) is 15.3. The van der Waals surface area contributed by atoms with Crippen LogP contribution in [0.5, 0.6) is 0 Å². The van der Waals surface area contributed by atoms with Crippen LogP contribution in [0.25, 0.3) is 0 Å². The molecule has 1 fully saturated rings. The minimum Gasteiger partial charge on any atom is -0.382 e. The van der Waals surface area contributed by atoms with Crippen LogP contribution in [0.3, 0.4) is 0 Å². The average molecular weight is 462 g/mol. The lowest BCUT2D eigenvalue weighted by Gasteiger charge is -2.33. The van der Waals surface area contributed by atoms with Crippen molar-refractivity contribution in [1.82, 2.24) is 15.2 Å². The summed E-state index contributed by atoms with van der Waals surface area (Å²) in [6, 6.07) is 4.10. The van der Waals surface area contributed by atoms with E-state index in [4.69, 9.17) is 10.5 Å². The van der Waals surface area contributed by atoms with Crippen LogP contribution in [0.2, 0.25) is 0 Å². The maximum Gasteiger partial charge on any atom is 0.188 e. The van der Waals surface area contributed by atoms with Gasteiger partial charge in [-0.3, -0.25) is 0 Å². The maximum atomic E-state index is 5.90. The van der Waals surface area contributed by atoms with Crippen molar-refractivity contribution < 1.29 is 4.74 Å². The number of piperazine rings is 1. The number of pyridine rings is 1. The number of aromatic nitrogens is 1. The Morgan fingerprint density at radius 2 is 2.12 bits per heavy atom. The minimum absolute atomic E-state index is 0. The van der Waals surface area contributed by atoms with Crippen molar-refractivity contribution in [3.05, 3.63) is 23.9 Å². The molecular weight excluding hydrogens is 431 g/mol. The fourth-order valence-corrected chi connectivity index (χ4v) is 2.53. The molecule has 142 valence electrons. The van der Waals surface area contributed by atoms with Crippen molar-refractivity contribution in [3.63, 3.8) is 0 Å². The van der Waals surface area contributed by atoms with E-state index in [0.29, 0.717) is 12.5 Å². The number of hydrogen-bond acceptors (Lipinski definition) is 5. The van der Waals surface area contributed by atoms with Crippen molar-refractivity contribution >= 4 is 35.8 Å². The van der Waals surface area contributed by atoms with Crippen molar-refractivity contribution in [2.24, 2.45) is 10.7 Å². The van der Waals surface area contributed by atoms with Crippen LogP contribution in [-0.4, -0.2) is 68.8 Å². The molecule has 7 nitrogen and oxygen atoms in total. The van der Waals surface area contributed by atoms with Gasteiger partial charge < -0.3 is 25.6 Å². The molecule has 0 amide bonds. The number of nitrogens with two attached hydrogens (primary N) is 1. The molecule has 0 radical (unpaired) electrons. The Morgan fingerprint density at radius 3 is 2.84 bits per heavy atom. The van der Waals surface area contributed by atoms with E-state index in [1.54, 1.807) is 0 Å². The third-order valence-electron chi connectivity index (χ3n) is 4.04. The number of ether oxygens (including phenoxy) is 1. The number of anilines is 1. The highest BCUT2D eigenvalue weighted by Crippen LogP contribution is 2.15. The predicted molar refractivity (Wildman–Crippen MR) is 114 cm³/mol. The second-order valence-corrected chi connectivity index (χ2v) is 5.99. The van der Waals surface area contributed by atoms with Gasteiger partial charge in [0.25, 0.3) is 0 Å². The molecule has 1 aromatic heterocycles. The van der Waals surface area contributed by atoms with Gasteiger partial charge in [0.1, 0.15) is 5.82 Å². The van der Waals surface area contributed by atoms with E-state index < -0.39 is 0 Å². The molecule has 2 heterocycles. The Morgan fingerprint density at radius 1 is 1.36 bits per heavy atom. The number of nitrogens with one attached hydrogen (secondary N) is 1. The molecule has 1 saturated heterocycles. The highest BCUT2D eigenvalue weighted by molar-refractivity contribution is 14.0. The molecule has 1 aliphatic rings. The number of aliphatic imine (C=N–C) groups is 1. The van der Waals surface area contributed by atoms with Crippen LogP contribution in [0.1, 0.15) is 18.9 Å². The molecule has 0 atom stereocenters. The summed E-state index contributed by atoms with van der Waals surface area (Å²) in [7, 11) is 2.15. The van der Waals surface area contributed by atoms with Crippen LogP contribution in [0.15, 0.2) is 23.3 Å². The monoisotopic (exact) mass is 462 g/mol. The molecule has 3 N–H and O–H groups in total. The predicted octanol–water partition coefficient (Wildman–Crippen LogP) is 1.28. The summed E-state index contributed by atoms with van der Waals surface area (Å²) in [5.74, 6) is 1.50. The number of hydrogen-bond donors (Lipinski definition) is 2. The van der Waals surface area contributed by atoms with Crippen LogP contribution in [0, 0.1) is 0 Å². The topological polar surface area (TPSA) is 79.0 Å². The van der Waals surface area contributed by atoms with Crippen LogP contribution >= 0.6 is 24.0 Å². The second kappa shape index (κ2) is 12.3. The van der Waals surface area contributed by atoms with E-state index >= 15 is 0 Å². The molecule has 0 bridgehead atoms. The normalized spacial score (nSPS) is 15.8. The van der Waals surface area contributed by atoms with E-state index in [0.717, 1.165) is 63.7 Å². The molecule has 0 saturated carbocycles. The highest BCUT2D eigenvalue weighted by atomic mass is 127. The summed E-state index contributed by atoms with van der Waals surface area (Å²) in [6.45, 7) is 9.00. The summed E-state index contributed by atoms with van der Waals surface area (Å²) in [5, 5.41) is 3.11. The largest absolute Gasteiger partial charge is 0.382 e. The van der Waals surface area contributed by atoms with Crippen LogP contribution in [0.4, 0.5) is 5.82 Å². The molecule has 1 aromatic rings. The van der Waals surface area contributed by atoms with Crippen LogP contribution < -0.4 is 16.0 Å². The lowest BCUT2D eigenvalue weighted by molar-refractivity contribution is 0.145. The molecular formula is C17H31IN6O. The molecule has 0 unspecified atom stereocenters. The number of guanidine groups is 1. The van der Waals surface area contributed by atoms with Gasteiger partial charge in [-0.05, 0) is 38.1 Å². The maximum absolute atomic E-state index is 5.90. The second-order valence-electron chi connectivity index (χ2n) is 5.99. The first kappa shape index (κ1) is 21.9. The van der Waals surface area contributed by atoms with Gasteiger partial charge in [-0.25, -0.2) is 9.98 Å². The molecule has 1 aliphatic heterocycles. The van der Waals surface area contributed by atoms with Gasteiger partial charge in [-0.15, -0.1) is 24.0 Å². The molecule has 8 heteroatoms. The van der Waals surface area contributed by atoms with Gasteiger partial charge in [0, 0.05) is 52.1 Å². The van der Waals surface area contributed by atoms with E-state index in [1.807, 2.05) is 19.2 Å². The van der Waals surface area contributed by atoms with E-state index in [-0.39, 0.29) is 24.0 Å². The van der Waals surface area contributed by atoms with Gasteiger partial charge >= 0.3 is 0 Å². The van der Waals surface area contributed by atoms with Gasteiger partial charge in [0.05, 0.1) is 6.54 Å². The van der Waals surface area contributed by atoms with E-state index in [1.165, 1.54) is 0 Å². The number of nitrogens with zero attached hydrogens (tertiary/aromatic N) is 4. The first-order chi connectivity index (χ1) is 11.7. The molecule has 0 aromatic carbocycles. The minimum atomic E-state index is 0. The number of halogens is 1. The fourth-order valence-electron chi connectivity index (χ4n) is 2.53. The third-order valence-corrected chi connectivity index (χ3v) is 4.04. The first-order valence-electron chi connectivity index (χ1n) is 8.69. The van der Waals surface area contributed by atoms with Crippen molar-refractivity contribution in [2.45, 2.75) is 19.9 Å². The van der Waals surface area contributed by atoms with Gasteiger partial charge in [-0.1, -0.05) is 0 Å². The standard InChI is InChI=1S/C17H30N6O.HI/c1-3-24-12-4-6-20-17(18)21-14-15-5-7-19-16(13-15)23-10-8-22(2)9-11-23;/h5,7,13H,3-4,6,8-12,14H2,1-2H3,(H3,18,20,21);1H. The zero-order chi connectivity index (χ0) is 17.2. The summed E-state index contributed by atoms with van der Waals surface area (Å²) in [5.41, 5.74) is 7.02. The molecule has 2 rings (SSSR count). The molecule has 0 spiro atoms. The highest BCUT2D eigenvalue weighted by Gasteiger charge is 2.15. The lowest BCUT2D eigenvalue weighted by atomic mass is 10.2. The summed E-state index contributed by atoms with van der Waals surface area (Å²) in [6.07, 6.45) is 2.77. The van der Waals surface area contributed by atoms with Gasteiger partial charge in [0.15, 0.2) is 5.96 Å².